The summed E-state index contributed by atoms with van der Waals surface area (Å²) in [6, 6.07) is 5.57. The fourth-order valence-electron chi connectivity index (χ4n) is 1.53. The van der Waals surface area contributed by atoms with Gasteiger partial charge in [0.2, 0.25) is 0 Å². The minimum Gasteiger partial charge on any atom is -0.490 e. The molecule has 0 amide bonds. The maximum Gasteiger partial charge on any atom is 0.328 e. The van der Waals surface area contributed by atoms with E-state index in [1.165, 1.54) is 0 Å². The van der Waals surface area contributed by atoms with Crippen LogP contribution >= 0.6 is 15.9 Å². The van der Waals surface area contributed by atoms with Gasteiger partial charge >= 0.3 is 5.97 Å². The molecule has 0 fully saturated rings. The van der Waals surface area contributed by atoms with Crippen molar-refractivity contribution in [3.63, 3.8) is 0 Å². The summed E-state index contributed by atoms with van der Waals surface area (Å²) in [7, 11) is 0. The molecule has 1 N–H and O–H groups in total. The molecule has 0 saturated carbocycles. The van der Waals surface area contributed by atoms with Crippen molar-refractivity contribution >= 4 is 28.0 Å². The Bertz CT molecular complexity index is 437. The quantitative estimate of drug-likeness (QED) is 0.804. The van der Waals surface area contributed by atoms with Gasteiger partial charge in [0.05, 0.1) is 6.10 Å². The van der Waals surface area contributed by atoms with E-state index < -0.39 is 5.97 Å². The van der Waals surface area contributed by atoms with E-state index in [4.69, 9.17) is 9.84 Å². The molecular weight excluding hydrogens is 296 g/mol. The molecule has 18 heavy (non-hydrogen) atoms. The number of hydrogen-bond acceptors (Lipinski definition) is 2. The predicted octanol–water partition coefficient (Wildman–Crippen LogP) is 4.11. The Morgan fingerprint density at radius 2 is 2.11 bits per heavy atom. The predicted molar refractivity (Wildman–Crippen MR) is 75.8 cm³/mol. The fourth-order valence-corrected chi connectivity index (χ4v) is 1.91. The normalized spacial score (nSPS) is 11.1. The number of carbonyl (C=O) groups is 1. The first-order chi connectivity index (χ1) is 8.56. The molecule has 98 valence electrons. The Kier molecular flexibility index (Phi) is 5.92. The van der Waals surface area contributed by atoms with Crippen LogP contribution in [-0.4, -0.2) is 17.2 Å². The average molecular weight is 313 g/mol. The molecule has 0 atom stereocenters. The van der Waals surface area contributed by atoms with Crippen LogP contribution in [0.5, 0.6) is 5.75 Å². The summed E-state index contributed by atoms with van der Waals surface area (Å²) < 4.78 is 6.66. The number of carboxylic acid groups (broad SMARTS) is 1. The molecule has 0 saturated heterocycles. The highest BCUT2D eigenvalue weighted by molar-refractivity contribution is 9.10. The van der Waals surface area contributed by atoms with Gasteiger partial charge in [-0.3, -0.25) is 0 Å². The first-order valence-electron chi connectivity index (χ1n) is 5.94. The maximum atomic E-state index is 10.5. The van der Waals surface area contributed by atoms with E-state index >= 15 is 0 Å². The van der Waals surface area contributed by atoms with Crippen molar-refractivity contribution < 1.29 is 14.6 Å². The number of benzene rings is 1. The first-order valence-corrected chi connectivity index (χ1v) is 6.73. The minimum atomic E-state index is -0.965. The van der Waals surface area contributed by atoms with Gasteiger partial charge in [0.1, 0.15) is 5.75 Å². The molecule has 1 rings (SSSR count). The summed E-state index contributed by atoms with van der Waals surface area (Å²) in [6.07, 6.45) is 4.76. The van der Waals surface area contributed by atoms with E-state index in [-0.39, 0.29) is 6.10 Å². The van der Waals surface area contributed by atoms with Crippen LogP contribution in [0.15, 0.2) is 28.7 Å². The highest BCUT2D eigenvalue weighted by Gasteiger charge is 2.06. The number of rotatable bonds is 6. The van der Waals surface area contributed by atoms with Gasteiger partial charge in [-0.2, -0.15) is 0 Å². The van der Waals surface area contributed by atoms with E-state index in [1.54, 1.807) is 6.08 Å². The number of halogens is 1. The van der Waals surface area contributed by atoms with Gasteiger partial charge in [-0.25, -0.2) is 4.79 Å². The van der Waals surface area contributed by atoms with Gasteiger partial charge in [-0.1, -0.05) is 29.8 Å². The molecule has 0 spiro atoms. The molecule has 0 aromatic heterocycles. The molecule has 0 aliphatic carbocycles. The van der Waals surface area contributed by atoms with Crippen molar-refractivity contribution in [2.75, 3.05) is 0 Å². The monoisotopic (exact) mass is 312 g/mol. The molecule has 0 aliphatic rings. The van der Waals surface area contributed by atoms with Gasteiger partial charge in [-0.05, 0) is 42.7 Å². The minimum absolute atomic E-state index is 0.197. The summed E-state index contributed by atoms with van der Waals surface area (Å²) in [5.74, 6) is -0.204. The van der Waals surface area contributed by atoms with Crippen molar-refractivity contribution in [3.8, 4) is 5.75 Å². The lowest BCUT2D eigenvalue weighted by Crippen LogP contribution is -2.13. The van der Waals surface area contributed by atoms with Crippen LogP contribution in [0, 0.1) is 0 Å². The molecule has 3 nitrogen and oxygen atoms in total. The van der Waals surface area contributed by atoms with E-state index in [0.29, 0.717) is 0 Å². The Balaban J connectivity index is 2.89. The third-order valence-electron chi connectivity index (χ3n) is 2.59. The summed E-state index contributed by atoms with van der Waals surface area (Å²) in [6.45, 7) is 4.16. The second kappa shape index (κ2) is 7.21. The first kappa shape index (κ1) is 14.8. The Morgan fingerprint density at radius 1 is 1.44 bits per heavy atom. The fraction of sp³-hybridized carbons (Fsp3) is 0.357. The molecule has 0 bridgehead atoms. The van der Waals surface area contributed by atoms with E-state index in [1.807, 2.05) is 18.2 Å². The smallest absolute Gasteiger partial charge is 0.328 e. The zero-order valence-corrected chi connectivity index (χ0v) is 12.1. The SMILES string of the molecule is CCC(CC)Oc1ccc(Br)c(/C=C/C(=O)O)c1. The van der Waals surface area contributed by atoms with Crippen LogP contribution in [-0.2, 0) is 4.79 Å². The second-order valence-electron chi connectivity index (χ2n) is 3.91. The number of aliphatic carboxylic acids is 1. The summed E-state index contributed by atoms with van der Waals surface area (Å²) >= 11 is 3.38. The van der Waals surface area contributed by atoms with Crippen LogP contribution in [0.1, 0.15) is 32.3 Å². The van der Waals surface area contributed by atoms with Gasteiger partial charge in [-0.15, -0.1) is 0 Å². The van der Waals surface area contributed by atoms with E-state index in [2.05, 4.69) is 29.8 Å². The largest absolute Gasteiger partial charge is 0.490 e. The van der Waals surface area contributed by atoms with Crippen molar-refractivity contribution in [1.82, 2.24) is 0 Å². The highest BCUT2D eigenvalue weighted by atomic mass is 79.9. The van der Waals surface area contributed by atoms with Gasteiger partial charge < -0.3 is 9.84 Å². The topological polar surface area (TPSA) is 46.5 Å². The molecule has 0 heterocycles. The van der Waals surface area contributed by atoms with Crippen LogP contribution in [0.4, 0.5) is 0 Å². The van der Waals surface area contributed by atoms with Gasteiger partial charge in [0.15, 0.2) is 0 Å². The van der Waals surface area contributed by atoms with E-state index in [0.717, 1.165) is 34.7 Å². The van der Waals surface area contributed by atoms with E-state index in [9.17, 15) is 4.79 Å². The molecule has 1 aromatic carbocycles. The lowest BCUT2D eigenvalue weighted by molar-refractivity contribution is -0.131. The van der Waals surface area contributed by atoms with Crippen LogP contribution in [0.25, 0.3) is 6.08 Å². The molecule has 4 heteroatoms. The molecular formula is C14H17BrO3. The van der Waals surface area contributed by atoms with Crippen molar-refractivity contribution in [2.24, 2.45) is 0 Å². The van der Waals surface area contributed by atoms with Crippen molar-refractivity contribution in [3.05, 3.63) is 34.3 Å². The zero-order chi connectivity index (χ0) is 13.5. The van der Waals surface area contributed by atoms with Crippen LogP contribution in [0.3, 0.4) is 0 Å². The number of carboxylic acids is 1. The highest BCUT2D eigenvalue weighted by Crippen LogP contribution is 2.25. The Morgan fingerprint density at radius 3 is 2.67 bits per heavy atom. The van der Waals surface area contributed by atoms with Crippen molar-refractivity contribution in [1.29, 1.82) is 0 Å². The molecule has 0 unspecified atom stereocenters. The maximum absolute atomic E-state index is 10.5. The summed E-state index contributed by atoms with van der Waals surface area (Å²) in [5, 5.41) is 8.62. The van der Waals surface area contributed by atoms with Crippen LogP contribution < -0.4 is 4.74 Å². The third kappa shape index (κ3) is 4.53. The lowest BCUT2D eigenvalue weighted by atomic mass is 10.2. The van der Waals surface area contributed by atoms with Gasteiger partial charge in [0, 0.05) is 10.5 Å². The Hall–Kier alpha value is -1.29. The molecule has 0 radical (unpaired) electrons. The second-order valence-corrected chi connectivity index (χ2v) is 4.77. The standard InChI is InChI=1S/C14H17BrO3/c1-3-11(4-2)18-12-6-7-13(15)10(9-12)5-8-14(16)17/h5-9,11H,3-4H2,1-2H3,(H,16,17)/b8-5+. The average Bonchev–Trinajstić information content (AvgIpc) is 2.36. The van der Waals surface area contributed by atoms with Gasteiger partial charge in [0.25, 0.3) is 0 Å². The molecule has 0 aliphatic heterocycles. The van der Waals surface area contributed by atoms with Crippen molar-refractivity contribution in [2.45, 2.75) is 32.8 Å². The number of ether oxygens (including phenoxy) is 1. The molecule has 1 aromatic rings. The van der Waals surface area contributed by atoms with Crippen LogP contribution in [0.2, 0.25) is 0 Å². The Labute approximate surface area is 116 Å². The number of hydrogen-bond donors (Lipinski definition) is 1. The summed E-state index contributed by atoms with van der Waals surface area (Å²) in [5.41, 5.74) is 0.792. The summed E-state index contributed by atoms with van der Waals surface area (Å²) in [4.78, 5) is 10.5. The third-order valence-corrected chi connectivity index (χ3v) is 3.31. The zero-order valence-electron chi connectivity index (χ0n) is 10.5. The lowest BCUT2D eigenvalue weighted by Gasteiger charge is -2.16.